The molecule has 4 rings (SSSR count). The number of aliphatic hydroxyl groups is 1. The van der Waals surface area contributed by atoms with E-state index in [0.29, 0.717) is 35.0 Å². The molecule has 2 heterocycles. The summed E-state index contributed by atoms with van der Waals surface area (Å²) in [4.78, 5) is 27.4. The fraction of sp³-hybridized carbons (Fsp3) is 0.208. The van der Waals surface area contributed by atoms with E-state index in [1.54, 1.807) is 61.5 Å². The molecule has 1 fully saturated rings. The van der Waals surface area contributed by atoms with Gasteiger partial charge in [-0.05, 0) is 44.2 Å². The molecule has 1 N–H and O–H groups in total. The fourth-order valence-corrected chi connectivity index (χ4v) is 3.75. The first kappa shape index (κ1) is 21.2. The van der Waals surface area contributed by atoms with Crippen LogP contribution in [0.25, 0.3) is 5.76 Å². The molecule has 0 saturated carbocycles. The second-order valence-electron chi connectivity index (χ2n) is 7.16. The van der Waals surface area contributed by atoms with Gasteiger partial charge in [0.25, 0.3) is 5.78 Å². The Bertz CT molecular complexity index is 1200. The molecule has 0 radical (unpaired) electrons. The molecule has 164 valence electrons. The average Bonchev–Trinajstić information content (AvgIpc) is 3.34. The number of aromatic nitrogens is 1. The smallest absolute Gasteiger partial charge is 0.301 e. The van der Waals surface area contributed by atoms with Crippen LogP contribution in [-0.4, -0.2) is 35.7 Å². The van der Waals surface area contributed by atoms with Crippen LogP contribution in [0, 0.1) is 6.92 Å². The van der Waals surface area contributed by atoms with Crippen molar-refractivity contribution in [2.45, 2.75) is 19.9 Å². The van der Waals surface area contributed by atoms with Crippen LogP contribution in [0.1, 0.15) is 29.9 Å². The van der Waals surface area contributed by atoms with Crippen LogP contribution >= 0.6 is 0 Å². The number of methoxy groups -OCH3 is 1. The molecule has 3 aromatic rings. The van der Waals surface area contributed by atoms with Crippen molar-refractivity contribution in [1.29, 1.82) is 0 Å². The monoisotopic (exact) mass is 434 g/mol. The van der Waals surface area contributed by atoms with E-state index in [2.05, 4.69) is 5.16 Å². The Balaban J connectivity index is 1.91. The van der Waals surface area contributed by atoms with Crippen LogP contribution in [0.2, 0.25) is 0 Å². The van der Waals surface area contributed by atoms with E-state index in [1.165, 1.54) is 12.0 Å². The standard InChI is InChI=1S/C24H22N2O6/c1-4-31-16-11-9-15(10-12-16)22(27)20-21(17-7-5-6-8-18(17)30-3)26(24(29)23(20)28)19-13-14(2)32-25-19/h5-13,21,27H,4H2,1-3H3/t21-/m1/s1. The maximum atomic E-state index is 13.1. The number of ether oxygens (including phenoxy) is 2. The van der Waals surface area contributed by atoms with E-state index in [4.69, 9.17) is 14.0 Å². The van der Waals surface area contributed by atoms with E-state index in [-0.39, 0.29) is 17.2 Å². The van der Waals surface area contributed by atoms with E-state index >= 15 is 0 Å². The lowest BCUT2D eigenvalue weighted by Crippen LogP contribution is -2.29. The molecule has 1 amide bonds. The molecule has 0 bridgehead atoms. The van der Waals surface area contributed by atoms with Crippen molar-refractivity contribution >= 4 is 23.3 Å². The van der Waals surface area contributed by atoms with Crippen molar-refractivity contribution in [3.05, 3.63) is 77.1 Å². The van der Waals surface area contributed by atoms with Gasteiger partial charge in [-0.2, -0.15) is 0 Å². The summed E-state index contributed by atoms with van der Waals surface area (Å²) in [5.74, 6) is -0.204. The first-order chi connectivity index (χ1) is 15.5. The number of carbonyl (C=O) groups is 2. The Hall–Kier alpha value is -4.07. The van der Waals surface area contributed by atoms with Gasteiger partial charge in [0, 0.05) is 17.2 Å². The number of ketones is 1. The van der Waals surface area contributed by atoms with E-state index in [0.717, 1.165) is 0 Å². The van der Waals surface area contributed by atoms with Gasteiger partial charge in [0.05, 0.1) is 19.3 Å². The lowest BCUT2D eigenvalue weighted by atomic mass is 9.94. The molecule has 1 atom stereocenters. The minimum atomic E-state index is -0.956. The van der Waals surface area contributed by atoms with Crippen LogP contribution in [-0.2, 0) is 9.59 Å². The number of aryl methyl sites for hydroxylation is 1. The Morgan fingerprint density at radius 2 is 1.88 bits per heavy atom. The molecule has 8 heteroatoms. The minimum Gasteiger partial charge on any atom is -0.507 e. The number of nitrogens with zero attached hydrogens (tertiary/aromatic N) is 2. The molecule has 1 aromatic heterocycles. The summed E-state index contributed by atoms with van der Waals surface area (Å²) in [7, 11) is 1.50. The van der Waals surface area contributed by atoms with E-state index < -0.39 is 17.7 Å². The number of hydrogen-bond donors (Lipinski definition) is 1. The number of hydrogen-bond acceptors (Lipinski definition) is 7. The largest absolute Gasteiger partial charge is 0.507 e. The number of benzene rings is 2. The third-order valence-corrected chi connectivity index (χ3v) is 5.18. The van der Waals surface area contributed by atoms with Gasteiger partial charge in [-0.15, -0.1) is 0 Å². The predicted octanol–water partition coefficient (Wildman–Crippen LogP) is 4.02. The normalized spacial score (nSPS) is 17.6. The Labute approximate surface area is 184 Å². The maximum Gasteiger partial charge on any atom is 0.301 e. The number of carbonyl (C=O) groups excluding carboxylic acids is 2. The lowest BCUT2D eigenvalue weighted by Gasteiger charge is -2.24. The van der Waals surface area contributed by atoms with Crippen molar-refractivity contribution in [3.63, 3.8) is 0 Å². The molecule has 1 aliphatic rings. The van der Waals surface area contributed by atoms with E-state index in [1.807, 2.05) is 6.92 Å². The van der Waals surface area contributed by atoms with Crippen molar-refractivity contribution in [1.82, 2.24) is 5.16 Å². The molecule has 2 aromatic carbocycles. The van der Waals surface area contributed by atoms with E-state index in [9.17, 15) is 14.7 Å². The topological polar surface area (TPSA) is 102 Å². The molecule has 0 unspecified atom stereocenters. The highest BCUT2D eigenvalue weighted by Crippen LogP contribution is 2.44. The number of Topliss-reactive ketones (excluding diaryl/α,β-unsaturated/α-hetero) is 1. The molecule has 8 nitrogen and oxygen atoms in total. The van der Waals surface area contributed by atoms with Crippen LogP contribution in [0.3, 0.4) is 0 Å². The average molecular weight is 434 g/mol. The SMILES string of the molecule is CCOc1ccc(C(O)=C2C(=O)C(=O)N(c3cc(C)on3)[C@@H]2c2ccccc2OC)cc1. The van der Waals surface area contributed by atoms with Crippen molar-refractivity contribution in [2.75, 3.05) is 18.6 Å². The molecule has 0 aliphatic carbocycles. The summed E-state index contributed by atoms with van der Waals surface area (Å²) < 4.78 is 16.1. The summed E-state index contributed by atoms with van der Waals surface area (Å²) >= 11 is 0. The summed E-state index contributed by atoms with van der Waals surface area (Å²) in [6, 6.07) is 14.2. The molecule has 32 heavy (non-hydrogen) atoms. The Morgan fingerprint density at radius 1 is 1.16 bits per heavy atom. The molecule has 1 aliphatic heterocycles. The summed E-state index contributed by atoms with van der Waals surface area (Å²) in [5.41, 5.74) is 0.842. The van der Waals surface area contributed by atoms with Crippen LogP contribution in [0.15, 0.2) is 64.7 Å². The number of anilines is 1. The Kier molecular flexibility index (Phi) is 5.68. The van der Waals surface area contributed by atoms with Gasteiger partial charge in [0.2, 0.25) is 0 Å². The quantitative estimate of drug-likeness (QED) is 0.355. The third-order valence-electron chi connectivity index (χ3n) is 5.18. The second-order valence-corrected chi connectivity index (χ2v) is 7.16. The van der Waals surface area contributed by atoms with Crippen LogP contribution in [0.4, 0.5) is 5.82 Å². The van der Waals surface area contributed by atoms with Crippen molar-refractivity contribution in [3.8, 4) is 11.5 Å². The fourth-order valence-electron chi connectivity index (χ4n) is 3.75. The summed E-state index contributed by atoms with van der Waals surface area (Å²) in [5, 5.41) is 15.1. The molecule has 1 saturated heterocycles. The highest BCUT2D eigenvalue weighted by molar-refractivity contribution is 6.51. The van der Waals surface area contributed by atoms with Gasteiger partial charge in [0.15, 0.2) is 5.82 Å². The maximum absolute atomic E-state index is 13.1. The first-order valence-corrected chi connectivity index (χ1v) is 10.1. The zero-order valence-corrected chi connectivity index (χ0v) is 17.9. The van der Waals surface area contributed by atoms with Crippen LogP contribution < -0.4 is 14.4 Å². The van der Waals surface area contributed by atoms with Gasteiger partial charge in [-0.25, -0.2) is 0 Å². The molecule has 0 spiro atoms. The van der Waals surface area contributed by atoms with Gasteiger partial charge in [-0.3, -0.25) is 14.5 Å². The first-order valence-electron chi connectivity index (χ1n) is 10.1. The predicted molar refractivity (Wildman–Crippen MR) is 117 cm³/mol. The highest BCUT2D eigenvalue weighted by atomic mass is 16.5. The number of amides is 1. The number of aliphatic hydroxyl groups excluding tert-OH is 1. The lowest BCUT2D eigenvalue weighted by molar-refractivity contribution is -0.132. The van der Waals surface area contributed by atoms with Gasteiger partial charge in [0.1, 0.15) is 29.1 Å². The van der Waals surface area contributed by atoms with Crippen LogP contribution in [0.5, 0.6) is 11.5 Å². The second kappa shape index (κ2) is 8.58. The zero-order valence-electron chi connectivity index (χ0n) is 17.9. The van der Waals surface area contributed by atoms with Crippen molar-refractivity contribution in [2.24, 2.45) is 0 Å². The summed E-state index contributed by atoms with van der Waals surface area (Å²) in [6.07, 6.45) is 0. The van der Waals surface area contributed by atoms with Gasteiger partial charge >= 0.3 is 5.91 Å². The zero-order chi connectivity index (χ0) is 22.8. The highest BCUT2D eigenvalue weighted by Gasteiger charge is 2.49. The number of rotatable bonds is 6. The Morgan fingerprint density at radius 3 is 2.50 bits per heavy atom. The molecular formula is C24H22N2O6. The van der Waals surface area contributed by atoms with Gasteiger partial charge in [-0.1, -0.05) is 23.4 Å². The number of para-hydroxylation sites is 1. The van der Waals surface area contributed by atoms with Crippen molar-refractivity contribution < 1.29 is 28.7 Å². The van der Waals surface area contributed by atoms with Gasteiger partial charge < -0.3 is 19.1 Å². The summed E-state index contributed by atoms with van der Waals surface area (Å²) in [6.45, 7) is 4.06. The molecular weight excluding hydrogens is 412 g/mol. The third kappa shape index (κ3) is 3.60. The minimum absolute atomic E-state index is 0.0655.